The molecule has 0 unspecified atom stereocenters. The van der Waals surface area contributed by atoms with Gasteiger partial charge in [-0.2, -0.15) is 10.2 Å². The molecule has 0 aliphatic rings. The maximum Gasteiger partial charge on any atom is 0.259 e. The standard InChI is InChI=1S/C21H17ClN8O/c1-13(28-19-6-7-24-18-5-3-2-4-15(18)19)16(11-23)21(31)29-14-10-17(22)20(25-12-14)30-26-8-9-27-30/h2-12H,23H2,1H3,(H,29,31). The molecule has 0 aliphatic carbocycles. The van der Waals surface area contributed by atoms with Crippen molar-refractivity contribution in [1.29, 1.82) is 0 Å². The predicted octanol–water partition coefficient (Wildman–Crippen LogP) is 3.44. The van der Waals surface area contributed by atoms with Crippen LogP contribution in [-0.4, -0.2) is 36.6 Å². The van der Waals surface area contributed by atoms with Crippen molar-refractivity contribution in [2.24, 2.45) is 10.7 Å². The van der Waals surface area contributed by atoms with Crippen LogP contribution in [-0.2, 0) is 4.79 Å². The van der Waals surface area contributed by atoms with E-state index in [1.54, 1.807) is 25.3 Å². The number of pyridine rings is 2. The third-order valence-corrected chi connectivity index (χ3v) is 4.68. The first-order valence-corrected chi connectivity index (χ1v) is 9.59. The lowest BCUT2D eigenvalue weighted by Crippen LogP contribution is -2.20. The van der Waals surface area contributed by atoms with E-state index in [4.69, 9.17) is 17.3 Å². The lowest BCUT2D eigenvalue weighted by Gasteiger charge is -2.10. The normalized spacial score (nSPS) is 12.2. The molecule has 10 heteroatoms. The van der Waals surface area contributed by atoms with Crippen molar-refractivity contribution in [2.75, 3.05) is 5.32 Å². The van der Waals surface area contributed by atoms with Gasteiger partial charge in [-0.25, -0.2) is 4.98 Å². The Bertz CT molecular complexity index is 1310. The predicted molar refractivity (Wildman–Crippen MR) is 120 cm³/mol. The van der Waals surface area contributed by atoms with Gasteiger partial charge >= 0.3 is 0 Å². The molecule has 3 N–H and O–H groups in total. The van der Waals surface area contributed by atoms with Gasteiger partial charge in [0.15, 0.2) is 5.82 Å². The molecule has 4 aromatic rings. The highest BCUT2D eigenvalue weighted by molar-refractivity contribution is 6.32. The average molecular weight is 433 g/mol. The summed E-state index contributed by atoms with van der Waals surface area (Å²) in [6.45, 7) is 1.71. The smallest absolute Gasteiger partial charge is 0.259 e. The largest absolute Gasteiger partial charge is 0.404 e. The van der Waals surface area contributed by atoms with E-state index in [0.717, 1.165) is 10.9 Å². The first-order valence-electron chi connectivity index (χ1n) is 9.21. The van der Waals surface area contributed by atoms with Crippen LogP contribution in [0.4, 0.5) is 11.4 Å². The third-order valence-electron chi connectivity index (χ3n) is 4.40. The fraction of sp³-hybridized carbons (Fsp3) is 0.0476. The summed E-state index contributed by atoms with van der Waals surface area (Å²) in [5.41, 5.74) is 8.30. The lowest BCUT2D eigenvalue weighted by atomic mass is 10.1. The number of aromatic nitrogens is 5. The van der Waals surface area contributed by atoms with Crippen LogP contribution in [0.5, 0.6) is 0 Å². The quantitative estimate of drug-likeness (QED) is 0.367. The summed E-state index contributed by atoms with van der Waals surface area (Å²) < 4.78 is 0. The Hall–Kier alpha value is -4.11. The van der Waals surface area contributed by atoms with Crippen LogP contribution in [0.25, 0.3) is 16.7 Å². The number of hydrogen-bond donors (Lipinski definition) is 2. The number of benzene rings is 1. The zero-order valence-electron chi connectivity index (χ0n) is 16.4. The van der Waals surface area contributed by atoms with Crippen molar-refractivity contribution in [3.05, 3.63) is 78.0 Å². The molecule has 0 bridgehead atoms. The van der Waals surface area contributed by atoms with Crippen molar-refractivity contribution in [2.45, 2.75) is 6.92 Å². The Morgan fingerprint density at radius 3 is 2.68 bits per heavy atom. The number of carbonyl (C=O) groups is 1. The number of nitrogens with zero attached hydrogens (tertiary/aromatic N) is 6. The van der Waals surface area contributed by atoms with Crippen LogP contribution in [0.2, 0.25) is 5.02 Å². The second-order valence-electron chi connectivity index (χ2n) is 6.43. The average Bonchev–Trinajstić information content (AvgIpc) is 3.29. The van der Waals surface area contributed by atoms with Crippen molar-refractivity contribution in [3.8, 4) is 5.82 Å². The number of hydrogen-bond acceptors (Lipinski definition) is 7. The fourth-order valence-electron chi connectivity index (χ4n) is 2.95. The minimum atomic E-state index is -0.440. The molecule has 1 aromatic carbocycles. The summed E-state index contributed by atoms with van der Waals surface area (Å²) in [5, 5.41) is 11.9. The van der Waals surface area contributed by atoms with E-state index >= 15 is 0 Å². The molecule has 0 saturated carbocycles. The number of rotatable bonds is 5. The molecule has 0 radical (unpaired) electrons. The molecule has 9 nitrogen and oxygen atoms in total. The van der Waals surface area contributed by atoms with Gasteiger partial charge in [-0.1, -0.05) is 29.8 Å². The zero-order chi connectivity index (χ0) is 21.8. The lowest BCUT2D eigenvalue weighted by molar-refractivity contribution is -0.112. The van der Waals surface area contributed by atoms with Gasteiger partial charge in [0.05, 0.1) is 51.8 Å². The van der Waals surface area contributed by atoms with Crippen molar-refractivity contribution < 1.29 is 4.79 Å². The number of anilines is 1. The van der Waals surface area contributed by atoms with Gasteiger partial charge in [0.25, 0.3) is 5.91 Å². The van der Waals surface area contributed by atoms with Gasteiger partial charge in [0.1, 0.15) is 0 Å². The Labute approximate surface area is 182 Å². The van der Waals surface area contributed by atoms with Crippen LogP contribution >= 0.6 is 11.6 Å². The molecule has 0 fully saturated rings. The molecule has 0 saturated heterocycles. The number of fused-ring (bicyclic) bond motifs is 1. The van der Waals surface area contributed by atoms with Gasteiger partial charge < -0.3 is 11.1 Å². The molecule has 154 valence electrons. The number of halogens is 1. The molecular formula is C21H17ClN8O. The van der Waals surface area contributed by atoms with E-state index < -0.39 is 5.91 Å². The number of nitrogens with one attached hydrogen (secondary N) is 1. The van der Waals surface area contributed by atoms with Crippen LogP contribution in [0.15, 0.2) is 78.0 Å². The Morgan fingerprint density at radius 2 is 1.94 bits per heavy atom. The number of para-hydroxylation sites is 1. The monoisotopic (exact) mass is 432 g/mol. The first-order chi connectivity index (χ1) is 15.1. The molecule has 0 spiro atoms. The highest BCUT2D eigenvalue weighted by atomic mass is 35.5. The molecule has 31 heavy (non-hydrogen) atoms. The van der Waals surface area contributed by atoms with Crippen LogP contribution in [0, 0.1) is 0 Å². The molecular weight excluding hydrogens is 416 g/mol. The summed E-state index contributed by atoms with van der Waals surface area (Å²) in [7, 11) is 0. The van der Waals surface area contributed by atoms with Crippen molar-refractivity contribution in [3.63, 3.8) is 0 Å². The molecule has 3 aromatic heterocycles. The summed E-state index contributed by atoms with van der Waals surface area (Å²) in [4.78, 5) is 27.2. The van der Waals surface area contributed by atoms with E-state index in [1.807, 2.05) is 24.3 Å². The number of nitrogens with two attached hydrogens (primary N) is 1. The van der Waals surface area contributed by atoms with Crippen LogP contribution in [0.1, 0.15) is 6.92 Å². The van der Waals surface area contributed by atoms with E-state index in [9.17, 15) is 4.79 Å². The van der Waals surface area contributed by atoms with Crippen LogP contribution in [0.3, 0.4) is 0 Å². The van der Waals surface area contributed by atoms with E-state index in [1.165, 1.54) is 29.6 Å². The molecule has 3 heterocycles. The summed E-state index contributed by atoms with van der Waals surface area (Å²) in [6.07, 6.45) is 7.37. The zero-order valence-corrected chi connectivity index (χ0v) is 17.2. The third kappa shape index (κ3) is 4.26. The van der Waals surface area contributed by atoms with E-state index in [-0.39, 0.29) is 10.6 Å². The molecule has 4 rings (SSSR count). The molecule has 0 aliphatic heterocycles. The second-order valence-corrected chi connectivity index (χ2v) is 6.83. The highest BCUT2D eigenvalue weighted by Gasteiger charge is 2.15. The molecule has 0 atom stereocenters. The summed E-state index contributed by atoms with van der Waals surface area (Å²) >= 11 is 6.26. The van der Waals surface area contributed by atoms with Crippen LogP contribution < -0.4 is 11.1 Å². The van der Waals surface area contributed by atoms with E-state index in [0.29, 0.717) is 22.9 Å². The first kappa shape index (κ1) is 20.2. The summed E-state index contributed by atoms with van der Waals surface area (Å²) in [5.74, 6) is -0.0912. The van der Waals surface area contributed by atoms with Gasteiger partial charge in [-0.3, -0.25) is 14.8 Å². The Kier molecular flexibility index (Phi) is 5.67. The maximum absolute atomic E-state index is 12.8. The SMILES string of the molecule is CC(=Nc1ccnc2ccccc12)C(=CN)C(=O)Nc1cnc(-n2nccn2)c(Cl)c1. The van der Waals surface area contributed by atoms with Crippen molar-refractivity contribution in [1.82, 2.24) is 25.0 Å². The van der Waals surface area contributed by atoms with Gasteiger partial charge in [0.2, 0.25) is 0 Å². The maximum atomic E-state index is 12.8. The molecule has 1 amide bonds. The second kappa shape index (κ2) is 8.72. The van der Waals surface area contributed by atoms with Gasteiger partial charge in [-0.05, 0) is 25.1 Å². The number of aliphatic imine (C=N–C) groups is 1. The minimum absolute atomic E-state index is 0.217. The topological polar surface area (TPSA) is 124 Å². The Morgan fingerprint density at radius 1 is 1.16 bits per heavy atom. The van der Waals surface area contributed by atoms with E-state index in [2.05, 4.69) is 30.5 Å². The fourth-order valence-corrected chi connectivity index (χ4v) is 3.19. The number of amides is 1. The number of carbonyl (C=O) groups excluding carboxylic acids is 1. The summed E-state index contributed by atoms with van der Waals surface area (Å²) in [6, 6.07) is 11.0. The minimum Gasteiger partial charge on any atom is -0.404 e. The van der Waals surface area contributed by atoms with Gasteiger partial charge in [-0.15, -0.1) is 4.80 Å². The highest BCUT2D eigenvalue weighted by Crippen LogP contribution is 2.25. The van der Waals surface area contributed by atoms with Gasteiger partial charge in [0, 0.05) is 17.8 Å². The van der Waals surface area contributed by atoms with Crippen molar-refractivity contribution >= 4 is 45.5 Å². The Balaban J connectivity index is 1.57.